The Hall–Kier alpha value is -2.93. The molecule has 1 aromatic heterocycles. The largest absolute Gasteiger partial charge is 0.497 e. The van der Waals surface area contributed by atoms with Gasteiger partial charge in [-0.05, 0) is 30.3 Å². The van der Waals surface area contributed by atoms with Gasteiger partial charge in [0, 0.05) is 23.1 Å². The summed E-state index contributed by atoms with van der Waals surface area (Å²) in [7, 11) is 3.71. The quantitative estimate of drug-likeness (QED) is 0.551. The monoisotopic (exact) mass is 327 g/mol. The van der Waals surface area contributed by atoms with Crippen molar-refractivity contribution in [1.82, 2.24) is 9.78 Å². The Bertz CT molecular complexity index is 858. The first-order valence-electron chi connectivity index (χ1n) is 7.61. The molecule has 2 aromatic carbocycles. The molecule has 3 aromatic rings. The molecule has 0 fully saturated rings. The SMILES string of the molecule is COc1ccc(C[NH+](C)Cn2ncc3ccc([N+](=O)[O-])cc32)cc1. The number of nitro benzene ring substituents is 1. The van der Waals surface area contributed by atoms with Crippen LogP contribution in [0.4, 0.5) is 5.69 Å². The second-order valence-corrected chi connectivity index (χ2v) is 5.78. The number of aromatic nitrogens is 2. The van der Waals surface area contributed by atoms with Gasteiger partial charge in [0.05, 0.1) is 30.8 Å². The highest BCUT2D eigenvalue weighted by atomic mass is 16.6. The molecule has 1 unspecified atom stereocenters. The maximum absolute atomic E-state index is 11.0. The highest BCUT2D eigenvalue weighted by Crippen LogP contribution is 2.20. The van der Waals surface area contributed by atoms with Crippen molar-refractivity contribution in [2.45, 2.75) is 13.2 Å². The van der Waals surface area contributed by atoms with Crippen molar-refractivity contribution in [3.63, 3.8) is 0 Å². The highest BCUT2D eigenvalue weighted by Gasteiger charge is 2.13. The molecule has 1 heterocycles. The van der Waals surface area contributed by atoms with Gasteiger partial charge in [-0.3, -0.25) is 10.1 Å². The molecule has 0 saturated heterocycles. The van der Waals surface area contributed by atoms with Crippen LogP contribution in [-0.4, -0.2) is 28.9 Å². The van der Waals surface area contributed by atoms with E-state index >= 15 is 0 Å². The molecular formula is C17H19N4O3+. The van der Waals surface area contributed by atoms with Crippen LogP contribution >= 0.6 is 0 Å². The van der Waals surface area contributed by atoms with Crippen molar-refractivity contribution in [3.8, 4) is 5.75 Å². The minimum Gasteiger partial charge on any atom is -0.497 e. The lowest BCUT2D eigenvalue weighted by molar-refractivity contribution is -0.917. The van der Waals surface area contributed by atoms with Crippen LogP contribution in [0.5, 0.6) is 5.75 Å². The predicted octanol–water partition coefficient (Wildman–Crippen LogP) is 1.63. The minimum absolute atomic E-state index is 0.0806. The Morgan fingerprint density at radius 1 is 1.25 bits per heavy atom. The number of nitro groups is 1. The Balaban J connectivity index is 1.75. The molecule has 1 N–H and O–H groups in total. The molecule has 0 bridgehead atoms. The number of rotatable bonds is 6. The van der Waals surface area contributed by atoms with Crippen molar-refractivity contribution in [2.75, 3.05) is 14.2 Å². The first-order valence-corrected chi connectivity index (χ1v) is 7.61. The fraction of sp³-hybridized carbons (Fsp3) is 0.235. The standard InChI is InChI=1S/C17H18N4O3/c1-19(11-13-3-7-16(24-2)8-4-13)12-20-17-9-15(21(22)23)6-5-14(17)10-18-20/h3-10H,11-12H2,1-2H3/p+1. The molecule has 0 aliphatic rings. The molecular weight excluding hydrogens is 308 g/mol. The molecule has 0 aliphatic carbocycles. The average Bonchev–Trinajstić information content (AvgIpc) is 2.97. The van der Waals surface area contributed by atoms with Crippen LogP contribution in [0.15, 0.2) is 48.7 Å². The van der Waals surface area contributed by atoms with Crippen LogP contribution in [0.1, 0.15) is 5.56 Å². The molecule has 124 valence electrons. The molecule has 0 spiro atoms. The first kappa shape index (κ1) is 15.9. The van der Waals surface area contributed by atoms with E-state index in [1.807, 2.05) is 24.3 Å². The lowest BCUT2D eigenvalue weighted by Gasteiger charge is -2.15. The number of ether oxygens (including phenoxy) is 1. The summed E-state index contributed by atoms with van der Waals surface area (Å²) in [6, 6.07) is 12.8. The lowest BCUT2D eigenvalue weighted by atomic mass is 10.2. The van der Waals surface area contributed by atoms with E-state index in [1.165, 1.54) is 16.5 Å². The third kappa shape index (κ3) is 3.36. The zero-order valence-corrected chi connectivity index (χ0v) is 13.6. The van der Waals surface area contributed by atoms with Gasteiger partial charge in [-0.25, -0.2) is 4.68 Å². The Morgan fingerprint density at radius 3 is 2.67 bits per heavy atom. The fourth-order valence-corrected chi connectivity index (χ4v) is 2.70. The smallest absolute Gasteiger partial charge is 0.271 e. The number of non-ortho nitro benzene ring substituents is 1. The summed E-state index contributed by atoms with van der Waals surface area (Å²) in [6.45, 7) is 1.44. The van der Waals surface area contributed by atoms with E-state index in [0.29, 0.717) is 6.67 Å². The van der Waals surface area contributed by atoms with Crippen molar-refractivity contribution >= 4 is 16.6 Å². The van der Waals surface area contributed by atoms with E-state index in [4.69, 9.17) is 4.74 Å². The summed E-state index contributed by atoms with van der Waals surface area (Å²) < 4.78 is 6.97. The van der Waals surface area contributed by atoms with Crippen LogP contribution in [0.2, 0.25) is 0 Å². The van der Waals surface area contributed by atoms with Crippen LogP contribution < -0.4 is 9.64 Å². The van der Waals surface area contributed by atoms with Gasteiger partial charge in [0.2, 0.25) is 0 Å². The number of nitrogens with zero attached hydrogens (tertiary/aromatic N) is 3. The summed E-state index contributed by atoms with van der Waals surface area (Å²) in [5.41, 5.74) is 2.05. The zero-order chi connectivity index (χ0) is 17.1. The van der Waals surface area contributed by atoms with Gasteiger partial charge in [-0.1, -0.05) is 0 Å². The predicted molar refractivity (Wildman–Crippen MR) is 90.0 cm³/mol. The van der Waals surface area contributed by atoms with Crippen LogP contribution in [0.25, 0.3) is 10.9 Å². The number of quaternary nitrogens is 1. The second kappa shape index (κ2) is 6.67. The number of hydrogen-bond donors (Lipinski definition) is 1. The van der Waals surface area contributed by atoms with Crippen LogP contribution in [0.3, 0.4) is 0 Å². The molecule has 0 amide bonds. The maximum Gasteiger partial charge on any atom is 0.271 e. The van der Waals surface area contributed by atoms with E-state index < -0.39 is 0 Å². The second-order valence-electron chi connectivity index (χ2n) is 5.78. The zero-order valence-electron chi connectivity index (χ0n) is 13.6. The van der Waals surface area contributed by atoms with Gasteiger partial charge in [-0.2, -0.15) is 5.10 Å². The Kier molecular flexibility index (Phi) is 4.43. The summed E-state index contributed by atoms with van der Waals surface area (Å²) in [4.78, 5) is 11.8. The molecule has 3 rings (SSSR count). The normalized spacial score (nSPS) is 12.2. The number of benzene rings is 2. The van der Waals surface area contributed by atoms with Gasteiger partial charge in [0.25, 0.3) is 5.69 Å². The topological polar surface area (TPSA) is 74.6 Å². The molecule has 0 aliphatic heterocycles. The van der Waals surface area contributed by atoms with E-state index in [0.717, 1.165) is 23.2 Å². The van der Waals surface area contributed by atoms with Crippen molar-refractivity contribution < 1.29 is 14.6 Å². The Morgan fingerprint density at radius 2 is 2.00 bits per heavy atom. The Labute approximate surface area is 139 Å². The summed E-state index contributed by atoms with van der Waals surface area (Å²) in [6.07, 6.45) is 1.74. The van der Waals surface area contributed by atoms with Crippen molar-refractivity contribution in [3.05, 3.63) is 64.3 Å². The summed E-state index contributed by atoms with van der Waals surface area (Å²) in [5.74, 6) is 0.835. The molecule has 7 nitrogen and oxygen atoms in total. The lowest BCUT2D eigenvalue weighted by Crippen LogP contribution is -3.06. The molecule has 0 saturated carbocycles. The van der Waals surface area contributed by atoms with E-state index in [-0.39, 0.29) is 10.6 Å². The first-order chi connectivity index (χ1) is 11.6. The maximum atomic E-state index is 11.0. The van der Waals surface area contributed by atoms with Gasteiger partial charge >= 0.3 is 0 Å². The molecule has 0 radical (unpaired) electrons. The van der Waals surface area contributed by atoms with Crippen LogP contribution in [0, 0.1) is 10.1 Å². The van der Waals surface area contributed by atoms with Gasteiger partial charge in [-0.15, -0.1) is 0 Å². The molecule has 24 heavy (non-hydrogen) atoms. The summed E-state index contributed by atoms with van der Waals surface area (Å²) >= 11 is 0. The van der Waals surface area contributed by atoms with E-state index in [9.17, 15) is 10.1 Å². The number of methoxy groups -OCH3 is 1. The molecule has 1 atom stereocenters. The number of fused-ring (bicyclic) bond motifs is 1. The van der Waals surface area contributed by atoms with Crippen molar-refractivity contribution in [2.24, 2.45) is 0 Å². The van der Waals surface area contributed by atoms with E-state index in [1.54, 1.807) is 30.1 Å². The van der Waals surface area contributed by atoms with Crippen molar-refractivity contribution in [1.29, 1.82) is 0 Å². The fourth-order valence-electron chi connectivity index (χ4n) is 2.70. The van der Waals surface area contributed by atoms with Gasteiger partial charge < -0.3 is 9.64 Å². The van der Waals surface area contributed by atoms with E-state index in [2.05, 4.69) is 12.1 Å². The summed E-state index contributed by atoms with van der Waals surface area (Å²) in [5, 5.41) is 16.2. The number of hydrogen-bond acceptors (Lipinski definition) is 4. The average molecular weight is 327 g/mol. The molecule has 7 heteroatoms. The van der Waals surface area contributed by atoms with Gasteiger partial charge in [0.15, 0.2) is 6.67 Å². The highest BCUT2D eigenvalue weighted by molar-refractivity contribution is 5.80. The number of nitrogens with one attached hydrogen (secondary N) is 1. The third-order valence-corrected chi connectivity index (χ3v) is 3.92. The minimum atomic E-state index is -0.384. The van der Waals surface area contributed by atoms with Crippen LogP contribution in [-0.2, 0) is 13.2 Å². The third-order valence-electron chi connectivity index (χ3n) is 3.92. The van der Waals surface area contributed by atoms with Gasteiger partial charge in [0.1, 0.15) is 12.3 Å².